The molecule has 10 nitrogen and oxygen atoms in total. The summed E-state index contributed by atoms with van der Waals surface area (Å²) in [5.41, 5.74) is 2.76. The molecule has 1 aliphatic rings. The van der Waals surface area contributed by atoms with Gasteiger partial charge in [-0.15, -0.1) is 0 Å². The molecule has 0 bridgehead atoms. The van der Waals surface area contributed by atoms with Crippen molar-refractivity contribution in [2.75, 3.05) is 17.7 Å². The Balaban J connectivity index is 1.54. The third-order valence-electron chi connectivity index (χ3n) is 7.10. The maximum atomic E-state index is 10.8. The van der Waals surface area contributed by atoms with Gasteiger partial charge in [0.2, 0.25) is 11.8 Å². The molecular weight excluding hydrogens is 484 g/mol. The number of hydrogen-bond donors (Lipinski definition) is 5. The number of aryl methyl sites for hydroxylation is 1. The molecule has 198 valence electrons. The first-order valence-corrected chi connectivity index (χ1v) is 12.5. The molecule has 4 atom stereocenters. The van der Waals surface area contributed by atoms with Gasteiger partial charge in [0, 0.05) is 35.5 Å². The van der Waals surface area contributed by atoms with Gasteiger partial charge in [-0.3, -0.25) is 0 Å². The summed E-state index contributed by atoms with van der Waals surface area (Å²) in [7, 11) is 1.54. The van der Waals surface area contributed by atoms with Gasteiger partial charge in [-0.25, -0.2) is 15.0 Å². The molecule has 3 heterocycles. The van der Waals surface area contributed by atoms with Crippen molar-refractivity contribution >= 4 is 28.4 Å². The van der Waals surface area contributed by atoms with Gasteiger partial charge in [0.15, 0.2) is 0 Å². The molecular formula is C28H32N6O4. The molecule has 10 heteroatoms. The van der Waals surface area contributed by atoms with E-state index >= 15 is 0 Å². The quantitative estimate of drug-likeness (QED) is 0.248. The number of ether oxygens (including phenoxy) is 1. The number of pyridine rings is 2. The van der Waals surface area contributed by atoms with Gasteiger partial charge in [0.1, 0.15) is 11.9 Å². The van der Waals surface area contributed by atoms with Crippen molar-refractivity contribution in [3.8, 4) is 17.1 Å². The topological polar surface area (TPSA) is 146 Å². The molecule has 5 rings (SSSR count). The number of methoxy groups -OCH3 is 1. The van der Waals surface area contributed by atoms with Crippen molar-refractivity contribution in [2.45, 2.75) is 51.0 Å². The van der Waals surface area contributed by atoms with Crippen LogP contribution in [0.15, 0.2) is 54.9 Å². The number of benzene rings is 1. The first-order valence-electron chi connectivity index (χ1n) is 12.5. The van der Waals surface area contributed by atoms with Gasteiger partial charge in [-0.2, -0.15) is 4.98 Å². The smallest absolute Gasteiger partial charge is 0.229 e. The summed E-state index contributed by atoms with van der Waals surface area (Å²) in [6.45, 7) is 5.29. The van der Waals surface area contributed by atoms with E-state index in [1.54, 1.807) is 45.5 Å². The highest BCUT2D eigenvalue weighted by molar-refractivity contribution is 5.85. The van der Waals surface area contributed by atoms with Crippen LogP contribution in [0.25, 0.3) is 22.2 Å². The van der Waals surface area contributed by atoms with Crippen LogP contribution in [0, 0.1) is 12.8 Å². The lowest BCUT2D eigenvalue weighted by molar-refractivity contribution is -0.0601. The number of rotatable bonds is 7. The summed E-state index contributed by atoms with van der Waals surface area (Å²) < 4.78 is 5.20. The maximum absolute atomic E-state index is 10.8. The zero-order valence-electron chi connectivity index (χ0n) is 21.8. The van der Waals surface area contributed by atoms with Crippen molar-refractivity contribution in [3.63, 3.8) is 0 Å². The molecule has 4 aromatic rings. The number of aliphatic hydroxyl groups is 3. The zero-order valence-corrected chi connectivity index (χ0v) is 21.8. The Bertz CT molecular complexity index is 1460. The highest BCUT2D eigenvalue weighted by Gasteiger charge is 2.47. The summed E-state index contributed by atoms with van der Waals surface area (Å²) in [4.78, 5) is 18.2. The summed E-state index contributed by atoms with van der Waals surface area (Å²) in [5, 5.41) is 39.5. The van der Waals surface area contributed by atoms with E-state index in [1.165, 1.54) is 0 Å². The van der Waals surface area contributed by atoms with Crippen LogP contribution in [-0.4, -0.2) is 66.2 Å². The Labute approximate surface area is 220 Å². The highest BCUT2D eigenvalue weighted by atomic mass is 16.5. The van der Waals surface area contributed by atoms with Gasteiger partial charge in [0.05, 0.1) is 41.6 Å². The second kappa shape index (κ2) is 10.1. The lowest BCUT2D eigenvalue weighted by atomic mass is 9.88. The second-order valence-corrected chi connectivity index (χ2v) is 10.2. The van der Waals surface area contributed by atoms with E-state index in [1.807, 2.05) is 37.3 Å². The minimum absolute atomic E-state index is 0.313. The van der Waals surface area contributed by atoms with E-state index < -0.39 is 29.8 Å². The molecule has 3 aromatic heterocycles. The fourth-order valence-electron chi connectivity index (χ4n) is 4.97. The average Bonchev–Trinajstić information content (AvgIpc) is 3.18. The first-order chi connectivity index (χ1) is 18.1. The van der Waals surface area contributed by atoms with Crippen molar-refractivity contribution in [1.82, 2.24) is 19.9 Å². The summed E-state index contributed by atoms with van der Waals surface area (Å²) in [6.07, 6.45) is 1.46. The van der Waals surface area contributed by atoms with Crippen LogP contribution >= 0.6 is 0 Å². The standard InChI is InChI=1S/C28H32N6O4/c1-15-6-5-7-16-8-9-20(32-23(15)16)18-14-30-27(31-17-10-11-29-22(12-17)38-4)34-26(18)33-21-13-19(28(2,3)37)24(35)25(21)36/h5-12,14,19,21,24-25,35-37H,13H2,1-4H3,(H2,29,30,31,33,34)/t19-,21-,24-,25+/m1/s1. The maximum Gasteiger partial charge on any atom is 0.229 e. The molecule has 0 radical (unpaired) electrons. The SMILES string of the molecule is COc1cc(Nc2ncc(-c3ccc4cccc(C)c4n3)c(N[C@@H]3C[C@@H](C(C)(C)O)[C@@H](O)[C@H]3O)n2)ccn1. The Hall–Kier alpha value is -3.86. The molecule has 38 heavy (non-hydrogen) atoms. The number of nitrogens with zero attached hydrogens (tertiary/aromatic N) is 4. The van der Waals surface area contributed by atoms with Gasteiger partial charge in [-0.05, 0) is 44.9 Å². The van der Waals surface area contributed by atoms with E-state index in [0.717, 1.165) is 16.5 Å². The lowest BCUT2D eigenvalue weighted by Crippen LogP contribution is -2.40. The Morgan fingerprint density at radius 1 is 1.03 bits per heavy atom. The zero-order chi connectivity index (χ0) is 27.0. The van der Waals surface area contributed by atoms with Gasteiger partial charge in [-0.1, -0.05) is 24.3 Å². The molecule has 0 unspecified atom stereocenters. The number of fused-ring (bicyclic) bond motifs is 1. The molecule has 1 aliphatic carbocycles. The Morgan fingerprint density at radius 3 is 2.58 bits per heavy atom. The number of nitrogens with one attached hydrogen (secondary N) is 2. The van der Waals surface area contributed by atoms with E-state index in [4.69, 9.17) is 14.7 Å². The second-order valence-electron chi connectivity index (χ2n) is 10.2. The van der Waals surface area contributed by atoms with E-state index in [-0.39, 0.29) is 0 Å². The predicted molar refractivity (Wildman–Crippen MR) is 145 cm³/mol. The number of aromatic nitrogens is 4. The number of para-hydroxylation sites is 1. The Kier molecular flexibility index (Phi) is 6.87. The minimum atomic E-state index is -1.16. The third kappa shape index (κ3) is 5.10. The number of anilines is 3. The van der Waals surface area contributed by atoms with Crippen LogP contribution in [0.1, 0.15) is 25.8 Å². The highest BCUT2D eigenvalue weighted by Crippen LogP contribution is 2.37. The van der Waals surface area contributed by atoms with Crippen molar-refractivity contribution in [3.05, 3.63) is 60.4 Å². The monoisotopic (exact) mass is 516 g/mol. The molecule has 1 fully saturated rings. The summed E-state index contributed by atoms with van der Waals surface area (Å²) in [6, 6.07) is 12.9. The van der Waals surface area contributed by atoms with Crippen LogP contribution in [0.2, 0.25) is 0 Å². The van der Waals surface area contributed by atoms with Crippen LogP contribution < -0.4 is 15.4 Å². The van der Waals surface area contributed by atoms with Crippen LogP contribution in [-0.2, 0) is 0 Å². The van der Waals surface area contributed by atoms with E-state index in [2.05, 4.69) is 20.6 Å². The summed E-state index contributed by atoms with van der Waals surface area (Å²) >= 11 is 0. The molecule has 1 aromatic carbocycles. The Morgan fingerprint density at radius 2 is 1.84 bits per heavy atom. The number of aliphatic hydroxyl groups excluding tert-OH is 2. The van der Waals surface area contributed by atoms with Gasteiger partial charge < -0.3 is 30.7 Å². The van der Waals surface area contributed by atoms with Crippen LogP contribution in [0.5, 0.6) is 5.88 Å². The lowest BCUT2D eigenvalue weighted by Gasteiger charge is -2.28. The normalized spacial score (nSPS) is 21.4. The largest absolute Gasteiger partial charge is 0.481 e. The molecule has 1 saturated carbocycles. The van der Waals surface area contributed by atoms with E-state index in [0.29, 0.717) is 41.0 Å². The predicted octanol–water partition coefficient (Wildman–Crippen LogP) is 3.44. The van der Waals surface area contributed by atoms with E-state index in [9.17, 15) is 15.3 Å². The number of hydrogen-bond acceptors (Lipinski definition) is 10. The van der Waals surface area contributed by atoms with Crippen LogP contribution in [0.3, 0.4) is 0 Å². The van der Waals surface area contributed by atoms with Crippen molar-refractivity contribution in [1.29, 1.82) is 0 Å². The van der Waals surface area contributed by atoms with Crippen molar-refractivity contribution in [2.24, 2.45) is 5.92 Å². The molecule has 0 amide bonds. The first kappa shape index (κ1) is 25.8. The molecule has 5 N–H and O–H groups in total. The fraction of sp³-hybridized carbons (Fsp3) is 0.357. The average molecular weight is 517 g/mol. The van der Waals surface area contributed by atoms with Crippen molar-refractivity contribution < 1.29 is 20.1 Å². The molecule has 0 spiro atoms. The van der Waals surface area contributed by atoms with Crippen LogP contribution in [0.4, 0.5) is 17.5 Å². The summed E-state index contributed by atoms with van der Waals surface area (Å²) in [5.74, 6) is 0.690. The third-order valence-corrected chi connectivity index (χ3v) is 7.10. The molecule has 0 saturated heterocycles. The van der Waals surface area contributed by atoms with Gasteiger partial charge in [0.25, 0.3) is 0 Å². The molecule has 0 aliphatic heterocycles. The fourth-order valence-corrected chi connectivity index (χ4v) is 4.97. The minimum Gasteiger partial charge on any atom is -0.481 e. The van der Waals surface area contributed by atoms with Gasteiger partial charge >= 0.3 is 0 Å².